The number of nitrogens with zero attached hydrogens (tertiary/aromatic N) is 2. The summed E-state index contributed by atoms with van der Waals surface area (Å²) >= 11 is 3.28. The van der Waals surface area contributed by atoms with Crippen molar-refractivity contribution in [2.45, 2.75) is 6.92 Å². The van der Waals surface area contributed by atoms with Crippen molar-refractivity contribution < 1.29 is 18.9 Å². The van der Waals surface area contributed by atoms with Gasteiger partial charge in [0, 0.05) is 22.2 Å². The summed E-state index contributed by atoms with van der Waals surface area (Å²) in [5.74, 6) is 0.909. The molecule has 0 atom stereocenters. The highest BCUT2D eigenvalue weighted by Gasteiger charge is 2.12. The molecule has 23 heavy (non-hydrogen) atoms. The first-order valence-electron chi connectivity index (χ1n) is 6.51. The molecule has 0 saturated carbocycles. The molecular weight excluding hydrogens is 370 g/mol. The lowest BCUT2D eigenvalue weighted by molar-refractivity contribution is -0.384. The number of non-ortho nitro benzene ring substituents is 1. The lowest BCUT2D eigenvalue weighted by Gasteiger charge is -2.00. The number of ether oxygens (including phenoxy) is 1. The molecule has 120 valence electrons. The van der Waals surface area contributed by atoms with Gasteiger partial charge >= 0.3 is 6.09 Å². The molecule has 1 heterocycles. The maximum absolute atomic E-state index is 11.1. The standard InChI is InChI=1S/C14H12BrN3O5/c1-2-22-14(19)17-16-8-10-4-6-13(23-10)11-5-3-9(18(20)21)7-12(11)15/h3-8H,2H2,1H3,(H,17,19)/b16-8+. The van der Waals surface area contributed by atoms with Crippen LogP contribution in [-0.4, -0.2) is 23.8 Å². The summed E-state index contributed by atoms with van der Waals surface area (Å²) in [5.41, 5.74) is 2.82. The quantitative estimate of drug-likeness (QED) is 0.482. The van der Waals surface area contributed by atoms with Gasteiger partial charge in [0.1, 0.15) is 11.5 Å². The number of nitrogens with one attached hydrogen (secondary N) is 1. The SMILES string of the molecule is CCOC(=O)N/N=C/c1ccc(-c2ccc([N+](=O)[O-])cc2Br)o1. The molecule has 9 heteroatoms. The van der Waals surface area contributed by atoms with Crippen molar-refractivity contribution in [3.63, 3.8) is 0 Å². The number of furan rings is 1. The molecule has 0 fully saturated rings. The number of nitro benzene ring substituents is 1. The summed E-state index contributed by atoms with van der Waals surface area (Å²) in [6.07, 6.45) is 0.660. The van der Waals surface area contributed by atoms with Crippen molar-refractivity contribution in [3.8, 4) is 11.3 Å². The van der Waals surface area contributed by atoms with Gasteiger partial charge in [0.15, 0.2) is 0 Å². The first-order valence-corrected chi connectivity index (χ1v) is 7.30. The van der Waals surface area contributed by atoms with Crippen molar-refractivity contribution in [1.82, 2.24) is 5.43 Å². The van der Waals surface area contributed by atoms with Crippen LogP contribution in [0.25, 0.3) is 11.3 Å². The zero-order valence-corrected chi connectivity index (χ0v) is 13.6. The van der Waals surface area contributed by atoms with E-state index in [4.69, 9.17) is 4.42 Å². The van der Waals surface area contributed by atoms with E-state index in [1.54, 1.807) is 25.1 Å². The van der Waals surface area contributed by atoms with E-state index < -0.39 is 11.0 Å². The van der Waals surface area contributed by atoms with Gasteiger partial charge in [0.25, 0.3) is 5.69 Å². The highest BCUT2D eigenvalue weighted by molar-refractivity contribution is 9.10. The number of hydrogen-bond donors (Lipinski definition) is 1. The lowest BCUT2D eigenvalue weighted by atomic mass is 10.1. The van der Waals surface area contributed by atoms with E-state index in [0.29, 0.717) is 21.6 Å². The van der Waals surface area contributed by atoms with Gasteiger partial charge in [-0.25, -0.2) is 10.2 Å². The van der Waals surface area contributed by atoms with Crippen molar-refractivity contribution in [1.29, 1.82) is 0 Å². The van der Waals surface area contributed by atoms with E-state index in [9.17, 15) is 14.9 Å². The van der Waals surface area contributed by atoms with E-state index in [1.165, 1.54) is 18.3 Å². The monoisotopic (exact) mass is 381 g/mol. The molecule has 1 aromatic heterocycles. The molecule has 2 rings (SSSR count). The molecule has 1 aromatic carbocycles. The number of nitro groups is 1. The van der Waals surface area contributed by atoms with Crippen LogP contribution in [0.4, 0.5) is 10.5 Å². The number of carbonyl (C=O) groups excluding carboxylic acids is 1. The van der Waals surface area contributed by atoms with E-state index >= 15 is 0 Å². The molecule has 0 aliphatic rings. The third kappa shape index (κ3) is 4.39. The average molecular weight is 382 g/mol. The van der Waals surface area contributed by atoms with Gasteiger partial charge in [0.2, 0.25) is 0 Å². The molecule has 1 amide bonds. The normalized spacial score (nSPS) is 10.7. The Labute approximate surface area is 139 Å². The molecular formula is C14H12BrN3O5. The second-order valence-corrected chi connectivity index (χ2v) is 5.07. The fraction of sp³-hybridized carbons (Fsp3) is 0.143. The van der Waals surface area contributed by atoms with E-state index in [2.05, 4.69) is 31.2 Å². The third-order valence-electron chi connectivity index (χ3n) is 2.68. The topological polar surface area (TPSA) is 107 Å². The Hall–Kier alpha value is -2.68. The Morgan fingerprint density at radius 3 is 2.91 bits per heavy atom. The Bertz CT molecular complexity index is 757. The highest BCUT2D eigenvalue weighted by atomic mass is 79.9. The minimum atomic E-state index is -0.659. The van der Waals surface area contributed by atoms with E-state index in [0.717, 1.165) is 0 Å². The second kappa shape index (κ2) is 7.54. The zero-order valence-electron chi connectivity index (χ0n) is 12.0. The fourth-order valence-electron chi connectivity index (χ4n) is 1.70. The van der Waals surface area contributed by atoms with Crippen LogP contribution < -0.4 is 5.43 Å². The number of halogens is 1. The molecule has 1 N–H and O–H groups in total. The van der Waals surface area contributed by atoms with Crippen LogP contribution in [0, 0.1) is 10.1 Å². The molecule has 0 radical (unpaired) electrons. The van der Waals surface area contributed by atoms with Crippen LogP contribution in [-0.2, 0) is 4.74 Å². The van der Waals surface area contributed by atoms with Crippen LogP contribution in [0.2, 0.25) is 0 Å². The van der Waals surface area contributed by atoms with Crippen LogP contribution >= 0.6 is 15.9 Å². The number of hydrogen-bond acceptors (Lipinski definition) is 6. The number of hydrazone groups is 1. The average Bonchev–Trinajstić information content (AvgIpc) is 2.96. The first-order chi connectivity index (χ1) is 11.0. The molecule has 8 nitrogen and oxygen atoms in total. The Morgan fingerprint density at radius 2 is 2.26 bits per heavy atom. The summed E-state index contributed by atoms with van der Waals surface area (Å²) in [6.45, 7) is 1.94. The summed E-state index contributed by atoms with van der Waals surface area (Å²) in [6, 6.07) is 7.71. The number of carbonyl (C=O) groups is 1. The molecule has 0 spiro atoms. The predicted octanol–water partition coefficient (Wildman–Crippen LogP) is 3.70. The molecule has 0 unspecified atom stereocenters. The third-order valence-corrected chi connectivity index (χ3v) is 3.33. The van der Waals surface area contributed by atoms with Crippen LogP contribution in [0.15, 0.2) is 44.3 Å². The van der Waals surface area contributed by atoms with Gasteiger partial charge in [-0.2, -0.15) is 5.10 Å². The van der Waals surface area contributed by atoms with Crippen LogP contribution in [0.5, 0.6) is 0 Å². The summed E-state index contributed by atoms with van der Waals surface area (Å²) < 4.78 is 10.7. The van der Waals surface area contributed by atoms with E-state index in [1.807, 2.05) is 0 Å². The van der Waals surface area contributed by atoms with Crippen LogP contribution in [0.1, 0.15) is 12.7 Å². The van der Waals surface area contributed by atoms with Crippen molar-refractivity contribution in [2.24, 2.45) is 5.10 Å². The largest absolute Gasteiger partial charge is 0.455 e. The highest BCUT2D eigenvalue weighted by Crippen LogP contribution is 2.32. The maximum atomic E-state index is 11.1. The number of rotatable bonds is 5. The molecule has 0 aliphatic carbocycles. The first kappa shape index (κ1) is 16.7. The van der Waals surface area contributed by atoms with Crippen molar-refractivity contribution in [2.75, 3.05) is 6.61 Å². The Kier molecular flexibility index (Phi) is 5.47. The Morgan fingerprint density at radius 1 is 1.48 bits per heavy atom. The molecule has 2 aromatic rings. The fourth-order valence-corrected chi connectivity index (χ4v) is 2.26. The predicted molar refractivity (Wildman–Crippen MR) is 86.3 cm³/mol. The maximum Gasteiger partial charge on any atom is 0.427 e. The number of benzene rings is 1. The minimum Gasteiger partial charge on any atom is -0.455 e. The Balaban J connectivity index is 2.11. The van der Waals surface area contributed by atoms with Crippen molar-refractivity contribution in [3.05, 3.63) is 50.7 Å². The molecule has 0 bridgehead atoms. The summed E-state index contributed by atoms with van der Waals surface area (Å²) in [4.78, 5) is 21.3. The van der Waals surface area contributed by atoms with Gasteiger partial charge in [-0.3, -0.25) is 10.1 Å². The van der Waals surface area contributed by atoms with Gasteiger partial charge in [-0.15, -0.1) is 0 Å². The smallest absolute Gasteiger partial charge is 0.427 e. The molecule has 0 aliphatic heterocycles. The number of amides is 1. The van der Waals surface area contributed by atoms with Crippen LogP contribution in [0.3, 0.4) is 0 Å². The summed E-state index contributed by atoms with van der Waals surface area (Å²) in [7, 11) is 0. The van der Waals surface area contributed by atoms with Gasteiger partial charge < -0.3 is 9.15 Å². The lowest BCUT2D eigenvalue weighted by Crippen LogP contribution is -2.18. The zero-order chi connectivity index (χ0) is 16.8. The minimum absolute atomic E-state index is 0.0207. The molecule has 0 saturated heterocycles. The van der Waals surface area contributed by atoms with Gasteiger partial charge in [-0.1, -0.05) is 0 Å². The van der Waals surface area contributed by atoms with E-state index in [-0.39, 0.29) is 12.3 Å². The van der Waals surface area contributed by atoms with Crippen molar-refractivity contribution >= 4 is 33.9 Å². The van der Waals surface area contributed by atoms with Gasteiger partial charge in [0.05, 0.1) is 17.7 Å². The van der Waals surface area contributed by atoms with Gasteiger partial charge in [-0.05, 0) is 41.1 Å². The second-order valence-electron chi connectivity index (χ2n) is 4.21. The summed E-state index contributed by atoms with van der Waals surface area (Å²) in [5, 5.41) is 14.4.